The maximum Gasteiger partial charge on any atom is 0.0377 e. The van der Waals surface area contributed by atoms with E-state index in [1.165, 1.54) is 64.2 Å². The molecule has 3 heteroatoms. The Balaban J connectivity index is 1.45. The molecule has 4 aliphatic rings. The number of azide groups is 1. The third-order valence-corrected chi connectivity index (χ3v) is 11.1. The predicted molar refractivity (Wildman–Crippen MR) is 126 cm³/mol. The van der Waals surface area contributed by atoms with Gasteiger partial charge in [0.1, 0.15) is 0 Å². The zero-order valence-electron chi connectivity index (χ0n) is 20.4. The molecule has 0 bridgehead atoms. The fourth-order valence-corrected chi connectivity index (χ4v) is 9.44. The molecule has 4 saturated carbocycles. The van der Waals surface area contributed by atoms with Crippen molar-refractivity contribution in [2.24, 2.45) is 57.4 Å². The van der Waals surface area contributed by atoms with Gasteiger partial charge in [-0.2, -0.15) is 0 Å². The Kier molecular flexibility index (Phi) is 6.51. The molecule has 170 valence electrons. The van der Waals surface area contributed by atoms with Gasteiger partial charge in [0.25, 0.3) is 0 Å². The molecule has 30 heavy (non-hydrogen) atoms. The minimum atomic E-state index is 0.265. The maximum absolute atomic E-state index is 8.91. The highest BCUT2D eigenvalue weighted by molar-refractivity contribution is 5.10. The summed E-state index contributed by atoms with van der Waals surface area (Å²) in [6, 6.07) is 0.265. The van der Waals surface area contributed by atoms with Crippen LogP contribution in [0.1, 0.15) is 112 Å². The summed E-state index contributed by atoms with van der Waals surface area (Å²) in [5.41, 5.74) is 10.0. The quantitative estimate of drug-likeness (QED) is 0.237. The SMILES string of the molecule is CC(C)CCCC(C)[C@H]1CC[C@H]2[C@@H]3CC[C@H]4C[C@@H](N=[N+]=[N-])CC[C@]4(C)[C@H]3CC[C@]12C. The number of fused-ring (bicyclic) bond motifs is 5. The molecule has 0 N–H and O–H groups in total. The topological polar surface area (TPSA) is 48.8 Å². The van der Waals surface area contributed by atoms with Gasteiger partial charge in [-0.25, -0.2) is 0 Å². The maximum atomic E-state index is 8.91. The third-order valence-electron chi connectivity index (χ3n) is 11.1. The van der Waals surface area contributed by atoms with E-state index in [0.29, 0.717) is 10.8 Å². The highest BCUT2D eigenvalue weighted by Gasteiger charge is 2.60. The van der Waals surface area contributed by atoms with E-state index >= 15 is 0 Å². The molecule has 0 spiro atoms. The van der Waals surface area contributed by atoms with Gasteiger partial charge in [-0.1, -0.05) is 59.0 Å². The zero-order chi connectivity index (χ0) is 21.5. The van der Waals surface area contributed by atoms with Crippen molar-refractivity contribution in [3.8, 4) is 0 Å². The summed E-state index contributed by atoms with van der Waals surface area (Å²) in [6.45, 7) is 12.7. The molecule has 0 aromatic carbocycles. The monoisotopic (exact) mass is 413 g/mol. The van der Waals surface area contributed by atoms with Gasteiger partial charge in [-0.15, -0.1) is 0 Å². The number of hydrogen-bond acceptors (Lipinski definition) is 1. The van der Waals surface area contributed by atoms with Gasteiger partial charge in [-0.3, -0.25) is 0 Å². The molecule has 0 aliphatic heterocycles. The van der Waals surface area contributed by atoms with Crippen LogP contribution in [0.5, 0.6) is 0 Å². The van der Waals surface area contributed by atoms with Gasteiger partial charge in [0.2, 0.25) is 0 Å². The van der Waals surface area contributed by atoms with Gasteiger partial charge >= 0.3 is 0 Å². The van der Waals surface area contributed by atoms with Crippen molar-refractivity contribution in [2.45, 2.75) is 118 Å². The molecule has 0 aromatic heterocycles. The first-order valence-corrected chi connectivity index (χ1v) is 13.3. The first-order valence-electron chi connectivity index (χ1n) is 13.3. The van der Waals surface area contributed by atoms with Crippen molar-refractivity contribution in [3.63, 3.8) is 0 Å². The smallest absolute Gasteiger partial charge is 0.0377 e. The Bertz CT molecular complexity index is 652. The van der Waals surface area contributed by atoms with Crippen LogP contribution < -0.4 is 0 Å². The summed E-state index contributed by atoms with van der Waals surface area (Å²) in [5, 5.41) is 4.12. The average Bonchev–Trinajstić information content (AvgIpc) is 3.05. The number of hydrogen-bond donors (Lipinski definition) is 0. The summed E-state index contributed by atoms with van der Waals surface area (Å²) in [4.78, 5) is 3.13. The van der Waals surface area contributed by atoms with Crippen molar-refractivity contribution in [1.82, 2.24) is 0 Å². The molecule has 3 nitrogen and oxygen atoms in total. The molecule has 0 amide bonds. The second kappa shape index (κ2) is 8.68. The van der Waals surface area contributed by atoms with Crippen LogP contribution in [0, 0.1) is 52.3 Å². The normalized spacial score (nSPS) is 46.5. The molecule has 0 saturated heterocycles. The fourth-order valence-electron chi connectivity index (χ4n) is 9.44. The lowest BCUT2D eigenvalue weighted by atomic mass is 9.44. The fraction of sp³-hybridized carbons (Fsp3) is 1.00. The number of nitrogens with zero attached hydrogens (tertiary/aromatic N) is 3. The van der Waals surface area contributed by atoms with Gasteiger partial charge in [0.15, 0.2) is 0 Å². The molecule has 0 radical (unpaired) electrons. The van der Waals surface area contributed by atoms with Gasteiger partial charge in [0, 0.05) is 11.0 Å². The van der Waals surface area contributed by atoms with Crippen LogP contribution >= 0.6 is 0 Å². The van der Waals surface area contributed by atoms with Crippen molar-refractivity contribution in [1.29, 1.82) is 0 Å². The Morgan fingerprint density at radius 3 is 2.37 bits per heavy atom. The first kappa shape index (κ1) is 22.5. The molecule has 1 unspecified atom stereocenters. The second-order valence-corrected chi connectivity index (χ2v) is 12.8. The zero-order valence-corrected chi connectivity index (χ0v) is 20.4. The summed E-state index contributed by atoms with van der Waals surface area (Å²) in [5.74, 6) is 6.37. The van der Waals surface area contributed by atoms with E-state index in [1.54, 1.807) is 0 Å². The Hall–Kier alpha value is -0.690. The molecule has 4 aliphatic carbocycles. The highest BCUT2D eigenvalue weighted by atomic mass is 15.1. The van der Waals surface area contributed by atoms with E-state index in [2.05, 4.69) is 44.6 Å². The summed E-state index contributed by atoms with van der Waals surface area (Å²) >= 11 is 0. The van der Waals surface area contributed by atoms with E-state index in [9.17, 15) is 0 Å². The lowest BCUT2D eigenvalue weighted by Gasteiger charge is -2.61. The van der Waals surface area contributed by atoms with E-state index in [4.69, 9.17) is 5.53 Å². The third kappa shape index (κ3) is 3.82. The van der Waals surface area contributed by atoms with E-state index in [1.807, 2.05) is 0 Å². The van der Waals surface area contributed by atoms with Gasteiger partial charge < -0.3 is 0 Å². The molecule has 9 atom stereocenters. The van der Waals surface area contributed by atoms with Crippen molar-refractivity contribution in [2.75, 3.05) is 0 Å². The molecule has 4 fully saturated rings. The van der Waals surface area contributed by atoms with Crippen molar-refractivity contribution >= 4 is 0 Å². The lowest BCUT2D eigenvalue weighted by molar-refractivity contribution is -0.116. The molecule has 0 heterocycles. The average molecular weight is 414 g/mol. The van der Waals surface area contributed by atoms with Gasteiger partial charge in [-0.05, 0) is 116 Å². The Labute approximate surface area is 185 Å². The minimum absolute atomic E-state index is 0.265. The van der Waals surface area contributed by atoms with Crippen molar-refractivity contribution in [3.05, 3.63) is 10.4 Å². The van der Waals surface area contributed by atoms with Crippen LogP contribution in [0.2, 0.25) is 0 Å². The predicted octanol–water partition coefficient (Wildman–Crippen LogP) is 8.79. The van der Waals surface area contributed by atoms with Crippen LogP contribution in [0.4, 0.5) is 0 Å². The van der Waals surface area contributed by atoms with Crippen LogP contribution in [0.15, 0.2) is 5.11 Å². The molecule has 4 rings (SSSR count). The minimum Gasteiger partial charge on any atom is -0.0906 e. The van der Waals surface area contributed by atoms with Crippen LogP contribution in [-0.4, -0.2) is 6.04 Å². The standard InChI is InChI=1S/C27H47N3/c1-18(2)7-6-8-19(3)23-11-12-24-22-10-9-20-17-21(29-30-28)13-15-26(20,4)25(22)14-16-27(23,24)5/h18-25H,6-17H2,1-5H3/t19?,20-,21-,22-,23+,24-,25-,26-,27+/m0/s1. The summed E-state index contributed by atoms with van der Waals surface area (Å²) in [7, 11) is 0. The summed E-state index contributed by atoms with van der Waals surface area (Å²) < 4.78 is 0. The van der Waals surface area contributed by atoms with E-state index < -0.39 is 0 Å². The van der Waals surface area contributed by atoms with E-state index in [0.717, 1.165) is 54.3 Å². The van der Waals surface area contributed by atoms with Gasteiger partial charge in [0.05, 0.1) is 0 Å². The molecule has 0 aromatic rings. The molecular formula is C27H47N3. The number of rotatable bonds is 6. The highest BCUT2D eigenvalue weighted by Crippen LogP contribution is 2.68. The van der Waals surface area contributed by atoms with Crippen LogP contribution in [-0.2, 0) is 0 Å². The molecular weight excluding hydrogens is 366 g/mol. The Morgan fingerprint density at radius 2 is 1.63 bits per heavy atom. The largest absolute Gasteiger partial charge is 0.0906 e. The Morgan fingerprint density at radius 1 is 0.900 bits per heavy atom. The summed E-state index contributed by atoms with van der Waals surface area (Å²) in [6.07, 6.45) is 16.6. The first-order chi connectivity index (χ1) is 14.3. The van der Waals surface area contributed by atoms with E-state index in [-0.39, 0.29) is 6.04 Å². The second-order valence-electron chi connectivity index (χ2n) is 12.8. The van der Waals surface area contributed by atoms with Crippen LogP contribution in [0.25, 0.3) is 10.4 Å². The van der Waals surface area contributed by atoms with Crippen molar-refractivity contribution < 1.29 is 0 Å². The van der Waals surface area contributed by atoms with Crippen LogP contribution in [0.3, 0.4) is 0 Å². The lowest BCUT2D eigenvalue weighted by Crippen LogP contribution is -2.54.